The van der Waals surface area contributed by atoms with E-state index in [9.17, 15) is 14.8 Å². The fourth-order valence-corrected chi connectivity index (χ4v) is 5.15. The number of aryl methyl sites for hydroxylation is 1. The molecule has 1 aliphatic heterocycles. The fourth-order valence-electron chi connectivity index (χ4n) is 5.15. The van der Waals surface area contributed by atoms with Crippen LogP contribution in [0.1, 0.15) is 43.8 Å². The zero-order valence-electron chi connectivity index (χ0n) is 20.3. The van der Waals surface area contributed by atoms with E-state index in [0.717, 1.165) is 28.1 Å². The Balaban J connectivity index is 1.55. The van der Waals surface area contributed by atoms with Gasteiger partial charge in [0.1, 0.15) is 11.9 Å². The van der Waals surface area contributed by atoms with Crippen LogP contribution >= 0.6 is 0 Å². The van der Waals surface area contributed by atoms with Gasteiger partial charge in [-0.25, -0.2) is 14.4 Å². The van der Waals surface area contributed by atoms with Crippen LogP contribution in [0.4, 0.5) is 10.3 Å². The summed E-state index contributed by atoms with van der Waals surface area (Å²) in [5.74, 6) is 0.222. The first-order valence-electron chi connectivity index (χ1n) is 11.7. The zero-order chi connectivity index (χ0) is 24.9. The third kappa shape index (κ3) is 3.90. The maximum absolute atomic E-state index is 14.8. The number of aliphatic hydroxyl groups excluding tert-OH is 1. The molecule has 35 heavy (non-hydrogen) atoms. The molecule has 1 fully saturated rings. The van der Waals surface area contributed by atoms with Gasteiger partial charge in [0.05, 0.1) is 36.7 Å². The minimum atomic E-state index is -0.543. The molecule has 0 aromatic carbocycles. The predicted molar refractivity (Wildman–Crippen MR) is 128 cm³/mol. The third-order valence-corrected chi connectivity index (χ3v) is 6.85. The molecule has 0 saturated carbocycles. The van der Waals surface area contributed by atoms with Crippen molar-refractivity contribution in [1.82, 2.24) is 24.1 Å². The molecule has 1 saturated heterocycles. The maximum atomic E-state index is 14.8. The Hall–Kier alpha value is -3.55. The van der Waals surface area contributed by atoms with Crippen LogP contribution in [0.2, 0.25) is 0 Å². The molecule has 4 heterocycles. The minimum Gasteiger partial charge on any atom is -0.391 e. The van der Waals surface area contributed by atoms with Gasteiger partial charge in [-0.3, -0.25) is 9.08 Å². The Morgan fingerprint density at radius 2 is 2.20 bits per heavy atom. The highest BCUT2D eigenvalue weighted by molar-refractivity contribution is 5.81. The van der Waals surface area contributed by atoms with Crippen LogP contribution in [0.25, 0.3) is 16.8 Å². The smallest absolute Gasteiger partial charge is 0.208 e. The lowest BCUT2D eigenvalue weighted by atomic mass is 9.83. The molecule has 5 rings (SSSR count). The van der Waals surface area contributed by atoms with E-state index in [1.807, 2.05) is 20.8 Å². The van der Waals surface area contributed by atoms with Crippen molar-refractivity contribution in [3.05, 3.63) is 52.5 Å². The van der Waals surface area contributed by atoms with E-state index < -0.39 is 11.7 Å². The Labute approximate surface area is 202 Å². The zero-order valence-corrected chi connectivity index (χ0v) is 20.3. The number of nitrogens with zero attached hydrogens (tertiary/aromatic N) is 6. The van der Waals surface area contributed by atoms with Crippen LogP contribution in [-0.4, -0.2) is 54.1 Å². The summed E-state index contributed by atoms with van der Waals surface area (Å²) in [7, 11) is 0. The van der Waals surface area contributed by atoms with Crippen LogP contribution in [0.3, 0.4) is 0 Å². The van der Waals surface area contributed by atoms with Gasteiger partial charge >= 0.3 is 0 Å². The molecule has 182 valence electrons. The predicted octanol–water partition coefficient (Wildman–Crippen LogP) is 3.61. The van der Waals surface area contributed by atoms with Crippen molar-refractivity contribution in [3.8, 4) is 17.2 Å². The summed E-state index contributed by atoms with van der Waals surface area (Å²) in [4.78, 5) is 9.13. The summed E-state index contributed by atoms with van der Waals surface area (Å²) in [5, 5.41) is 27.2. The molecular formula is C25H28FN7O2. The number of anilines is 1. The van der Waals surface area contributed by atoms with Gasteiger partial charge < -0.3 is 15.2 Å². The van der Waals surface area contributed by atoms with E-state index in [1.165, 1.54) is 0 Å². The summed E-state index contributed by atoms with van der Waals surface area (Å²) in [6.45, 7) is 8.73. The molecule has 9 nitrogen and oxygen atoms in total. The highest BCUT2D eigenvalue weighted by Crippen LogP contribution is 2.42. The quantitative estimate of drug-likeness (QED) is 0.558. The monoisotopic (exact) mass is 477 g/mol. The van der Waals surface area contributed by atoms with Crippen LogP contribution < -0.4 is 5.32 Å². The summed E-state index contributed by atoms with van der Waals surface area (Å²) < 4.78 is 24.2. The molecule has 3 aromatic heterocycles. The second-order valence-corrected chi connectivity index (χ2v) is 9.40. The van der Waals surface area contributed by atoms with Crippen LogP contribution in [0, 0.1) is 25.2 Å². The molecule has 2 N–H and O–H groups in total. The molecule has 0 spiro atoms. The van der Waals surface area contributed by atoms with Gasteiger partial charge in [0.15, 0.2) is 11.3 Å². The van der Waals surface area contributed by atoms with Crippen LogP contribution in [0.5, 0.6) is 0 Å². The summed E-state index contributed by atoms with van der Waals surface area (Å²) >= 11 is 0. The lowest BCUT2D eigenvalue weighted by Gasteiger charge is -2.29. The highest BCUT2D eigenvalue weighted by atomic mass is 19.1. The second-order valence-electron chi connectivity index (χ2n) is 9.40. The largest absolute Gasteiger partial charge is 0.391 e. The van der Waals surface area contributed by atoms with Gasteiger partial charge in [-0.1, -0.05) is 0 Å². The first-order valence-corrected chi connectivity index (χ1v) is 11.7. The first kappa shape index (κ1) is 23.2. The van der Waals surface area contributed by atoms with Crippen LogP contribution in [-0.2, 0) is 11.3 Å². The fraction of sp³-hybridized carbons (Fsp3) is 0.440. The van der Waals surface area contributed by atoms with Gasteiger partial charge in [-0.05, 0) is 45.8 Å². The normalized spacial score (nSPS) is 20.7. The van der Waals surface area contributed by atoms with Crippen molar-refractivity contribution >= 4 is 11.6 Å². The molecule has 0 radical (unpaired) electrons. The number of aromatic nitrogens is 5. The molecule has 0 amide bonds. The van der Waals surface area contributed by atoms with Gasteiger partial charge in [0.25, 0.3) is 0 Å². The van der Waals surface area contributed by atoms with E-state index >= 15 is 0 Å². The average molecular weight is 478 g/mol. The first-order chi connectivity index (χ1) is 16.7. The lowest BCUT2D eigenvalue weighted by Crippen LogP contribution is -2.29. The number of ether oxygens (including phenoxy) is 1. The van der Waals surface area contributed by atoms with Gasteiger partial charge in [-0.2, -0.15) is 10.4 Å². The molecule has 2 aliphatic rings. The van der Waals surface area contributed by atoms with Crippen molar-refractivity contribution in [2.75, 3.05) is 18.5 Å². The minimum absolute atomic E-state index is 0.233. The number of hydrogen-bond donors (Lipinski definition) is 2. The van der Waals surface area contributed by atoms with Crippen LogP contribution in [0.15, 0.2) is 35.4 Å². The second kappa shape index (κ2) is 8.59. The number of halogens is 1. The Bertz CT molecular complexity index is 1430. The van der Waals surface area contributed by atoms with Crippen molar-refractivity contribution in [2.45, 2.75) is 58.8 Å². The van der Waals surface area contributed by atoms with Gasteiger partial charge in [-0.15, -0.1) is 0 Å². The molecule has 0 bridgehead atoms. The van der Waals surface area contributed by atoms with Gasteiger partial charge in [0, 0.05) is 41.6 Å². The number of fused-ring (bicyclic) bond motifs is 2. The molecule has 1 aliphatic carbocycles. The maximum Gasteiger partial charge on any atom is 0.208 e. The number of rotatable bonds is 6. The molecule has 2 atom stereocenters. The van der Waals surface area contributed by atoms with Crippen molar-refractivity contribution in [3.63, 3.8) is 0 Å². The number of hydrogen-bond acceptors (Lipinski definition) is 7. The number of aliphatic hydroxyl groups is 1. The van der Waals surface area contributed by atoms with E-state index in [1.54, 1.807) is 34.5 Å². The Morgan fingerprint density at radius 3 is 2.94 bits per heavy atom. The molecule has 1 unspecified atom stereocenters. The Morgan fingerprint density at radius 1 is 1.40 bits per heavy atom. The molecule has 3 aromatic rings. The highest BCUT2D eigenvalue weighted by Gasteiger charge is 2.39. The van der Waals surface area contributed by atoms with Crippen molar-refractivity contribution < 1.29 is 14.2 Å². The number of imidazole rings is 1. The molecular weight excluding hydrogens is 449 g/mol. The van der Waals surface area contributed by atoms with Gasteiger partial charge in [0.2, 0.25) is 5.95 Å². The van der Waals surface area contributed by atoms with E-state index in [2.05, 4.69) is 26.5 Å². The van der Waals surface area contributed by atoms with E-state index in [4.69, 9.17) is 4.74 Å². The van der Waals surface area contributed by atoms with E-state index in [0.29, 0.717) is 43.2 Å². The summed E-state index contributed by atoms with van der Waals surface area (Å²) in [6, 6.07) is 2.09. The van der Waals surface area contributed by atoms with E-state index in [-0.39, 0.29) is 18.1 Å². The standard InChI is InChI=1S/C25H28FN7O2/c1-14(34)12-33-16(3)22(15(2)31-33)19-11-29-24(32-13-17(9-27)30-23(19)32)28-10-18-20-6-8-35-25(20,4)7-5-21(18)26/h5,11,13-14,34H,6-8,10,12H2,1-4H3,(H,28,29)/t14-,25?/m0/s1. The Kier molecular flexibility index (Phi) is 5.69. The van der Waals surface area contributed by atoms with Crippen molar-refractivity contribution in [2.24, 2.45) is 0 Å². The summed E-state index contributed by atoms with van der Waals surface area (Å²) in [5.41, 5.74) is 5.15. The SMILES string of the molecule is Cc1nn(C[C@H](C)O)c(C)c1-c1cnc(NCC2=C3CCOC3(C)CC=C2F)n2cc(C#N)nc12. The topological polar surface area (TPSA) is 113 Å². The molecule has 10 heteroatoms. The number of nitrogens with one attached hydrogen (secondary N) is 1. The van der Waals surface area contributed by atoms with Crippen molar-refractivity contribution in [1.29, 1.82) is 5.26 Å². The number of nitriles is 1. The summed E-state index contributed by atoms with van der Waals surface area (Å²) in [6.07, 6.45) is 5.59. The lowest BCUT2D eigenvalue weighted by molar-refractivity contribution is 0.0401. The average Bonchev–Trinajstić information content (AvgIpc) is 3.49. The third-order valence-electron chi connectivity index (χ3n) is 6.85.